The first-order chi connectivity index (χ1) is 12.0. The molecule has 0 radical (unpaired) electrons. The highest BCUT2D eigenvalue weighted by Gasteiger charge is 2.21. The van der Waals surface area contributed by atoms with E-state index in [0.29, 0.717) is 18.8 Å². The van der Waals surface area contributed by atoms with Gasteiger partial charge in [-0.05, 0) is 42.8 Å². The zero-order valence-corrected chi connectivity index (χ0v) is 16.5. The van der Waals surface area contributed by atoms with Crippen molar-refractivity contribution in [2.75, 3.05) is 36.8 Å². The molecule has 2 aromatic carbocycles. The van der Waals surface area contributed by atoms with Crippen molar-refractivity contribution in [3.8, 4) is 5.75 Å². The molecule has 1 amide bonds. The third-order valence-electron chi connectivity index (χ3n) is 4.32. The summed E-state index contributed by atoms with van der Waals surface area (Å²) >= 11 is 5.06. The van der Waals surface area contributed by atoms with Crippen LogP contribution in [-0.2, 0) is 4.79 Å². The van der Waals surface area contributed by atoms with Crippen molar-refractivity contribution in [2.24, 2.45) is 0 Å². The van der Waals surface area contributed by atoms with E-state index in [1.807, 2.05) is 23.1 Å². The van der Waals surface area contributed by atoms with Crippen LogP contribution in [0.1, 0.15) is 5.56 Å². The van der Waals surface area contributed by atoms with Crippen LogP contribution in [0.5, 0.6) is 5.75 Å². The first-order valence-electron chi connectivity index (χ1n) is 8.23. The van der Waals surface area contributed by atoms with Gasteiger partial charge in [0.05, 0.1) is 5.75 Å². The molecule has 1 saturated heterocycles. The third kappa shape index (κ3) is 4.70. The molecule has 0 atom stereocenters. The minimum atomic E-state index is 0.183. The smallest absolute Gasteiger partial charge is 0.233 e. The number of halogens is 1. The molecule has 1 heterocycles. The topological polar surface area (TPSA) is 43.8 Å². The highest BCUT2D eigenvalue weighted by Crippen LogP contribution is 2.26. The Balaban J connectivity index is 1.51. The average Bonchev–Trinajstić information content (AvgIpc) is 2.61. The Hall–Kier alpha value is -1.66. The molecule has 2 aromatic rings. The summed E-state index contributed by atoms with van der Waals surface area (Å²) in [6, 6.07) is 13.4. The predicted molar refractivity (Wildman–Crippen MR) is 107 cm³/mol. The van der Waals surface area contributed by atoms with Gasteiger partial charge in [-0.2, -0.15) is 0 Å². The van der Waals surface area contributed by atoms with Gasteiger partial charge in [-0.1, -0.05) is 22.0 Å². The van der Waals surface area contributed by atoms with Crippen LogP contribution in [-0.4, -0.2) is 47.8 Å². The van der Waals surface area contributed by atoms with Crippen molar-refractivity contribution in [1.29, 1.82) is 0 Å². The summed E-state index contributed by atoms with van der Waals surface area (Å²) in [5.41, 5.74) is 2.19. The van der Waals surface area contributed by atoms with Gasteiger partial charge in [0.2, 0.25) is 5.91 Å². The van der Waals surface area contributed by atoms with Crippen molar-refractivity contribution < 1.29 is 9.90 Å². The Morgan fingerprint density at radius 3 is 2.60 bits per heavy atom. The second-order valence-electron chi connectivity index (χ2n) is 6.09. The van der Waals surface area contributed by atoms with Crippen molar-refractivity contribution >= 4 is 39.3 Å². The SMILES string of the molecule is Cc1cc(Br)ccc1SCC(=O)N1CCN(c2cccc(O)c2)CC1. The zero-order valence-electron chi connectivity index (χ0n) is 14.1. The number of carbonyl (C=O) groups is 1. The number of hydrogen-bond acceptors (Lipinski definition) is 4. The van der Waals surface area contributed by atoms with Crippen LogP contribution in [0.3, 0.4) is 0 Å². The molecular formula is C19H21BrN2O2S. The molecule has 0 saturated carbocycles. The fourth-order valence-electron chi connectivity index (χ4n) is 2.91. The van der Waals surface area contributed by atoms with Crippen LogP contribution >= 0.6 is 27.7 Å². The molecule has 0 aromatic heterocycles. The molecule has 1 fully saturated rings. The molecule has 3 rings (SSSR count). The number of carbonyl (C=O) groups excluding carboxylic acids is 1. The normalized spacial score (nSPS) is 14.6. The number of piperazine rings is 1. The first-order valence-corrected chi connectivity index (χ1v) is 10.0. The van der Waals surface area contributed by atoms with Crippen molar-refractivity contribution in [1.82, 2.24) is 4.90 Å². The maximum Gasteiger partial charge on any atom is 0.233 e. The Labute approximate surface area is 161 Å². The molecule has 4 nitrogen and oxygen atoms in total. The van der Waals surface area contributed by atoms with E-state index in [-0.39, 0.29) is 11.7 Å². The summed E-state index contributed by atoms with van der Waals surface area (Å²) in [6.07, 6.45) is 0. The second kappa shape index (κ2) is 8.15. The van der Waals surface area contributed by atoms with E-state index in [9.17, 15) is 9.90 Å². The first kappa shape index (κ1) is 18.1. The lowest BCUT2D eigenvalue weighted by Gasteiger charge is -2.36. The van der Waals surface area contributed by atoms with E-state index in [2.05, 4.69) is 39.9 Å². The molecular weight excluding hydrogens is 400 g/mol. The second-order valence-corrected chi connectivity index (χ2v) is 8.02. The quantitative estimate of drug-likeness (QED) is 0.761. The van der Waals surface area contributed by atoms with Gasteiger partial charge in [-0.25, -0.2) is 0 Å². The highest BCUT2D eigenvalue weighted by atomic mass is 79.9. The molecule has 1 N–H and O–H groups in total. The molecule has 6 heteroatoms. The predicted octanol–water partition coefficient (Wildman–Crippen LogP) is 3.90. The van der Waals surface area contributed by atoms with Gasteiger partial charge in [0.15, 0.2) is 0 Å². The Morgan fingerprint density at radius 2 is 1.92 bits per heavy atom. The third-order valence-corrected chi connectivity index (χ3v) is 5.97. The molecule has 0 spiro atoms. The summed E-state index contributed by atoms with van der Waals surface area (Å²) in [4.78, 5) is 17.8. The number of nitrogens with zero attached hydrogens (tertiary/aromatic N) is 2. The van der Waals surface area contributed by atoms with Crippen LogP contribution < -0.4 is 4.90 Å². The molecule has 132 valence electrons. The van der Waals surface area contributed by atoms with Crippen LogP contribution in [0.2, 0.25) is 0 Å². The van der Waals surface area contributed by atoms with Gasteiger partial charge in [0, 0.05) is 47.3 Å². The fraction of sp³-hybridized carbons (Fsp3) is 0.316. The number of phenols is 1. The van der Waals surface area contributed by atoms with E-state index in [0.717, 1.165) is 28.1 Å². The number of hydrogen-bond donors (Lipinski definition) is 1. The Kier molecular flexibility index (Phi) is 5.91. The van der Waals surface area contributed by atoms with Gasteiger partial charge in [-0.15, -0.1) is 11.8 Å². The van der Waals surface area contributed by atoms with Gasteiger partial charge in [-0.3, -0.25) is 4.79 Å². The van der Waals surface area contributed by atoms with E-state index < -0.39 is 0 Å². The monoisotopic (exact) mass is 420 g/mol. The van der Waals surface area contributed by atoms with Crippen LogP contribution in [0.25, 0.3) is 0 Å². The van der Waals surface area contributed by atoms with Crippen molar-refractivity contribution in [2.45, 2.75) is 11.8 Å². The van der Waals surface area contributed by atoms with Gasteiger partial charge in [0.1, 0.15) is 5.75 Å². The van der Waals surface area contributed by atoms with Crippen LogP contribution in [0, 0.1) is 6.92 Å². The Morgan fingerprint density at radius 1 is 1.16 bits per heavy atom. The lowest BCUT2D eigenvalue weighted by Crippen LogP contribution is -2.49. The minimum absolute atomic E-state index is 0.183. The molecule has 0 unspecified atom stereocenters. The summed E-state index contributed by atoms with van der Waals surface area (Å²) < 4.78 is 1.06. The lowest BCUT2D eigenvalue weighted by molar-refractivity contribution is -0.128. The number of benzene rings is 2. The van der Waals surface area contributed by atoms with Crippen molar-refractivity contribution in [3.05, 3.63) is 52.5 Å². The molecule has 1 aliphatic rings. The highest BCUT2D eigenvalue weighted by molar-refractivity contribution is 9.10. The van der Waals surface area contributed by atoms with E-state index in [4.69, 9.17) is 0 Å². The number of anilines is 1. The van der Waals surface area contributed by atoms with Gasteiger partial charge >= 0.3 is 0 Å². The molecule has 0 bridgehead atoms. The number of amides is 1. The van der Waals surface area contributed by atoms with Gasteiger partial charge in [0.25, 0.3) is 0 Å². The van der Waals surface area contributed by atoms with Crippen molar-refractivity contribution in [3.63, 3.8) is 0 Å². The summed E-state index contributed by atoms with van der Waals surface area (Å²) in [6.45, 7) is 5.07. The summed E-state index contributed by atoms with van der Waals surface area (Å²) in [7, 11) is 0. The number of phenolic OH excluding ortho intramolecular Hbond substituents is 1. The van der Waals surface area contributed by atoms with Gasteiger partial charge < -0.3 is 14.9 Å². The van der Waals surface area contributed by atoms with Crippen LogP contribution in [0.15, 0.2) is 51.8 Å². The standard InChI is InChI=1S/C19H21BrN2O2S/c1-14-11-15(20)5-6-18(14)25-13-19(24)22-9-7-21(8-10-22)16-3-2-4-17(23)12-16/h2-6,11-12,23H,7-10,13H2,1H3. The average molecular weight is 421 g/mol. The fourth-order valence-corrected chi connectivity index (χ4v) is 4.30. The number of aromatic hydroxyl groups is 1. The van der Waals surface area contributed by atoms with E-state index >= 15 is 0 Å². The number of rotatable bonds is 4. The molecule has 1 aliphatic heterocycles. The number of aryl methyl sites for hydroxylation is 1. The minimum Gasteiger partial charge on any atom is -0.508 e. The van der Waals surface area contributed by atoms with Crippen LogP contribution in [0.4, 0.5) is 5.69 Å². The number of thioether (sulfide) groups is 1. The largest absolute Gasteiger partial charge is 0.508 e. The molecule has 25 heavy (non-hydrogen) atoms. The summed E-state index contributed by atoms with van der Waals surface area (Å²) in [5, 5.41) is 9.60. The maximum atomic E-state index is 12.5. The Bertz CT molecular complexity index is 761. The zero-order chi connectivity index (χ0) is 17.8. The van der Waals surface area contributed by atoms with E-state index in [1.165, 1.54) is 5.56 Å². The maximum absolute atomic E-state index is 12.5. The molecule has 0 aliphatic carbocycles. The van der Waals surface area contributed by atoms with E-state index in [1.54, 1.807) is 23.9 Å². The summed E-state index contributed by atoms with van der Waals surface area (Å²) in [5.74, 6) is 0.925. The lowest BCUT2D eigenvalue weighted by atomic mass is 10.2.